The number of anilines is 1. The van der Waals surface area contributed by atoms with E-state index in [0.717, 1.165) is 11.4 Å². The quantitative estimate of drug-likeness (QED) is 0.809. The molecule has 0 N–H and O–H groups in total. The maximum atomic E-state index is 11.4. The van der Waals surface area contributed by atoms with Crippen LogP contribution in [0, 0.1) is 13.8 Å². The number of hydrogen-bond acceptors (Lipinski definition) is 5. The van der Waals surface area contributed by atoms with Gasteiger partial charge in [-0.25, -0.2) is 18.4 Å². The number of nitrogens with zero attached hydrogens (tertiary/aromatic N) is 4. The van der Waals surface area contributed by atoms with Gasteiger partial charge in [-0.15, -0.1) is 0 Å². The molecule has 19 heavy (non-hydrogen) atoms. The van der Waals surface area contributed by atoms with Gasteiger partial charge in [0.05, 0.1) is 17.6 Å². The van der Waals surface area contributed by atoms with Gasteiger partial charge in [-0.05, 0) is 13.8 Å². The van der Waals surface area contributed by atoms with Crippen molar-refractivity contribution in [2.45, 2.75) is 13.8 Å². The first-order valence-electron chi connectivity index (χ1n) is 6.00. The van der Waals surface area contributed by atoms with Gasteiger partial charge in [-0.1, -0.05) is 11.6 Å². The van der Waals surface area contributed by atoms with Crippen LogP contribution in [0.3, 0.4) is 0 Å². The third kappa shape index (κ3) is 3.16. The zero-order valence-electron chi connectivity index (χ0n) is 11.2. The molecule has 2 rings (SSSR count). The topological polar surface area (TPSA) is 66.4 Å². The fourth-order valence-corrected chi connectivity index (χ4v) is 3.11. The van der Waals surface area contributed by atoms with Crippen molar-refractivity contribution in [3.8, 4) is 0 Å². The molecule has 0 spiro atoms. The molecule has 0 saturated carbocycles. The third-order valence-electron chi connectivity index (χ3n) is 3.25. The Hall–Kier alpha value is -0.920. The molecule has 1 saturated heterocycles. The summed E-state index contributed by atoms with van der Waals surface area (Å²) >= 11 is 6.11. The highest BCUT2D eigenvalue weighted by Gasteiger charge is 2.25. The Morgan fingerprint density at radius 1 is 1.05 bits per heavy atom. The van der Waals surface area contributed by atoms with Crippen LogP contribution in [0.1, 0.15) is 11.4 Å². The minimum Gasteiger partial charge on any atom is -0.351 e. The van der Waals surface area contributed by atoms with Crippen LogP contribution in [0.5, 0.6) is 0 Å². The lowest BCUT2D eigenvalue weighted by atomic mass is 10.3. The average Bonchev–Trinajstić information content (AvgIpc) is 2.33. The molecule has 6 nitrogen and oxygen atoms in total. The van der Waals surface area contributed by atoms with E-state index in [1.165, 1.54) is 10.6 Å². The maximum absolute atomic E-state index is 11.4. The maximum Gasteiger partial charge on any atom is 0.211 e. The summed E-state index contributed by atoms with van der Waals surface area (Å²) in [6.07, 6.45) is 1.23. The second-order valence-electron chi connectivity index (χ2n) is 4.66. The van der Waals surface area contributed by atoms with Crippen LogP contribution >= 0.6 is 11.6 Å². The van der Waals surface area contributed by atoms with Crippen LogP contribution in [-0.4, -0.2) is 55.1 Å². The van der Waals surface area contributed by atoms with Crippen molar-refractivity contribution in [1.29, 1.82) is 0 Å². The summed E-state index contributed by atoms with van der Waals surface area (Å²) in [5.74, 6) is 0.637. The second kappa shape index (κ2) is 5.22. The van der Waals surface area contributed by atoms with Crippen molar-refractivity contribution >= 4 is 27.4 Å². The van der Waals surface area contributed by atoms with Crippen LogP contribution in [0.4, 0.5) is 5.82 Å². The molecule has 0 aliphatic carbocycles. The van der Waals surface area contributed by atoms with Gasteiger partial charge in [0.15, 0.2) is 11.0 Å². The molecule has 106 valence electrons. The Kier molecular flexibility index (Phi) is 3.98. The Balaban J connectivity index is 2.16. The van der Waals surface area contributed by atoms with E-state index in [2.05, 4.69) is 9.97 Å². The van der Waals surface area contributed by atoms with Gasteiger partial charge in [-0.3, -0.25) is 0 Å². The summed E-state index contributed by atoms with van der Waals surface area (Å²) in [5, 5.41) is 0.371. The first-order chi connectivity index (χ1) is 8.79. The summed E-state index contributed by atoms with van der Waals surface area (Å²) in [4.78, 5) is 10.7. The van der Waals surface area contributed by atoms with Crippen LogP contribution in [0.15, 0.2) is 0 Å². The zero-order valence-corrected chi connectivity index (χ0v) is 12.8. The van der Waals surface area contributed by atoms with Gasteiger partial charge in [0, 0.05) is 26.2 Å². The number of piperazine rings is 1. The van der Waals surface area contributed by atoms with E-state index < -0.39 is 10.0 Å². The molecule has 0 radical (unpaired) electrons. The van der Waals surface area contributed by atoms with Crippen LogP contribution < -0.4 is 4.90 Å². The van der Waals surface area contributed by atoms with E-state index in [1.807, 2.05) is 18.7 Å². The lowest BCUT2D eigenvalue weighted by molar-refractivity contribution is 0.386. The fraction of sp³-hybridized carbons (Fsp3) is 0.636. The van der Waals surface area contributed by atoms with E-state index >= 15 is 0 Å². The van der Waals surface area contributed by atoms with Gasteiger partial charge in [0.25, 0.3) is 0 Å². The van der Waals surface area contributed by atoms with Gasteiger partial charge in [0.1, 0.15) is 0 Å². The van der Waals surface area contributed by atoms with E-state index in [9.17, 15) is 8.42 Å². The average molecular weight is 305 g/mol. The normalized spacial score (nSPS) is 17.8. The van der Waals surface area contributed by atoms with Crippen molar-refractivity contribution < 1.29 is 8.42 Å². The number of halogens is 1. The predicted octanol–water partition coefficient (Wildman–Crippen LogP) is 0.828. The van der Waals surface area contributed by atoms with Gasteiger partial charge in [0.2, 0.25) is 10.0 Å². The van der Waals surface area contributed by atoms with Gasteiger partial charge in [-0.2, -0.15) is 4.31 Å². The molecule has 0 atom stereocenters. The van der Waals surface area contributed by atoms with Crippen LogP contribution in [0.25, 0.3) is 0 Å². The molecule has 0 bridgehead atoms. The molecular formula is C11H17ClN4O2S. The molecule has 1 aromatic rings. The highest BCUT2D eigenvalue weighted by Crippen LogP contribution is 2.24. The Labute approximate surface area is 118 Å². The molecule has 1 fully saturated rings. The zero-order chi connectivity index (χ0) is 14.2. The standard InChI is InChI=1S/C11H17ClN4O2S/c1-8-9(2)14-11(10(12)13-8)15-4-6-16(7-5-15)19(3,17)18/h4-7H2,1-3H3. The molecule has 1 aliphatic rings. The smallest absolute Gasteiger partial charge is 0.211 e. The van der Waals surface area contributed by atoms with E-state index in [1.54, 1.807) is 0 Å². The van der Waals surface area contributed by atoms with E-state index in [-0.39, 0.29) is 0 Å². The molecular weight excluding hydrogens is 288 g/mol. The number of sulfonamides is 1. The summed E-state index contributed by atoms with van der Waals surface area (Å²) in [6.45, 7) is 5.79. The predicted molar refractivity (Wildman–Crippen MR) is 75.1 cm³/mol. The largest absolute Gasteiger partial charge is 0.351 e. The first kappa shape index (κ1) is 14.5. The summed E-state index contributed by atoms with van der Waals surface area (Å²) in [7, 11) is -3.12. The molecule has 8 heteroatoms. The van der Waals surface area contributed by atoms with Crippen molar-refractivity contribution in [2.24, 2.45) is 0 Å². The van der Waals surface area contributed by atoms with Crippen LogP contribution in [-0.2, 0) is 10.0 Å². The summed E-state index contributed by atoms with van der Waals surface area (Å²) < 4.78 is 24.4. The first-order valence-corrected chi connectivity index (χ1v) is 8.22. The lowest BCUT2D eigenvalue weighted by Crippen LogP contribution is -2.48. The lowest BCUT2D eigenvalue weighted by Gasteiger charge is -2.34. The third-order valence-corrected chi connectivity index (χ3v) is 4.81. The van der Waals surface area contributed by atoms with E-state index in [0.29, 0.717) is 37.1 Å². The Morgan fingerprint density at radius 2 is 1.58 bits per heavy atom. The number of hydrogen-bond donors (Lipinski definition) is 0. The SMILES string of the molecule is Cc1nc(Cl)c(N2CCN(S(C)(=O)=O)CC2)nc1C. The van der Waals surface area contributed by atoms with E-state index in [4.69, 9.17) is 11.6 Å². The van der Waals surface area contributed by atoms with Gasteiger partial charge >= 0.3 is 0 Å². The summed E-state index contributed by atoms with van der Waals surface area (Å²) in [5.41, 5.74) is 1.65. The number of rotatable bonds is 2. The minimum atomic E-state index is -3.12. The molecule has 1 aromatic heterocycles. The molecule has 0 unspecified atom stereocenters. The van der Waals surface area contributed by atoms with Crippen molar-refractivity contribution in [1.82, 2.24) is 14.3 Å². The highest BCUT2D eigenvalue weighted by molar-refractivity contribution is 7.88. The van der Waals surface area contributed by atoms with Crippen molar-refractivity contribution in [3.05, 3.63) is 16.5 Å². The molecule has 1 aliphatic heterocycles. The van der Waals surface area contributed by atoms with Gasteiger partial charge < -0.3 is 4.90 Å². The highest BCUT2D eigenvalue weighted by atomic mass is 35.5. The fourth-order valence-electron chi connectivity index (χ4n) is 2.00. The van der Waals surface area contributed by atoms with Crippen molar-refractivity contribution in [2.75, 3.05) is 37.3 Å². The molecule has 0 aromatic carbocycles. The molecule has 0 amide bonds. The Morgan fingerprint density at radius 3 is 2.11 bits per heavy atom. The van der Waals surface area contributed by atoms with Crippen molar-refractivity contribution in [3.63, 3.8) is 0 Å². The molecule has 2 heterocycles. The monoisotopic (exact) mass is 304 g/mol. The number of aryl methyl sites for hydroxylation is 2. The Bertz CT molecular complexity index is 583. The minimum absolute atomic E-state index is 0.371. The second-order valence-corrected chi connectivity index (χ2v) is 7.00. The van der Waals surface area contributed by atoms with Crippen LogP contribution in [0.2, 0.25) is 5.15 Å². The summed E-state index contributed by atoms with van der Waals surface area (Å²) in [6, 6.07) is 0. The number of aromatic nitrogens is 2.